The van der Waals surface area contributed by atoms with E-state index in [4.69, 9.17) is 14.9 Å². The summed E-state index contributed by atoms with van der Waals surface area (Å²) < 4.78 is 5.00. The minimum Gasteiger partial charge on any atom is -0.475 e. The lowest BCUT2D eigenvalue weighted by atomic mass is 10.4. The van der Waals surface area contributed by atoms with Crippen molar-refractivity contribution in [3.8, 4) is 5.88 Å². The van der Waals surface area contributed by atoms with Gasteiger partial charge in [0, 0.05) is 12.3 Å². The molecule has 66 valence electrons. The molecule has 0 aliphatic heterocycles. The lowest BCUT2D eigenvalue weighted by molar-refractivity contribution is 0.0520. The predicted molar refractivity (Wildman–Crippen MR) is 40.6 cm³/mol. The van der Waals surface area contributed by atoms with E-state index in [0.29, 0.717) is 5.88 Å². The molecule has 0 saturated carbocycles. The van der Waals surface area contributed by atoms with Crippen LogP contribution in [0.15, 0.2) is 18.6 Å². The molecule has 1 aromatic heterocycles. The average Bonchev–Trinajstić information content (AvgIpc) is 2.16. The Balaban J connectivity index is 2.33. The SMILES string of the molecule is OC[C@H](O)COc1ccncn1. The number of ether oxygens (including phenoxy) is 1. The number of hydrogen-bond donors (Lipinski definition) is 2. The summed E-state index contributed by atoms with van der Waals surface area (Å²) in [6.07, 6.45) is 2.02. The van der Waals surface area contributed by atoms with Gasteiger partial charge in [0.05, 0.1) is 6.61 Å². The Morgan fingerprint density at radius 2 is 2.42 bits per heavy atom. The van der Waals surface area contributed by atoms with E-state index in [-0.39, 0.29) is 13.2 Å². The van der Waals surface area contributed by atoms with Gasteiger partial charge < -0.3 is 14.9 Å². The molecule has 5 heteroatoms. The molecule has 0 saturated heterocycles. The van der Waals surface area contributed by atoms with Crippen LogP contribution < -0.4 is 4.74 Å². The molecule has 1 rings (SSSR count). The Hall–Kier alpha value is -1.20. The molecule has 0 unspecified atom stereocenters. The van der Waals surface area contributed by atoms with Crippen molar-refractivity contribution < 1.29 is 14.9 Å². The Labute approximate surface area is 69.7 Å². The predicted octanol–water partition coefficient (Wildman–Crippen LogP) is -0.791. The van der Waals surface area contributed by atoms with Gasteiger partial charge in [-0.15, -0.1) is 0 Å². The highest BCUT2D eigenvalue weighted by Gasteiger charge is 2.02. The van der Waals surface area contributed by atoms with Gasteiger partial charge in [-0.1, -0.05) is 0 Å². The number of aromatic nitrogens is 2. The van der Waals surface area contributed by atoms with Gasteiger partial charge in [0.25, 0.3) is 0 Å². The molecular weight excluding hydrogens is 160 g/mol. The maximum atomic E-state index is 8.90. The van der Waals surface area contributed by atoms with Gasteiger partial charge >= 0.3 is 0 Å². The van der Waals surface area contributed by atoms with Gasteiger partial charge in [-0.25, -0.2) is 9.97 Å². The average molecular weight is 170 g/mol. The Kier molecular flexibility index (Phi) is 3.43. The Morgan fingerprint density at radius 3 is 3.00 bits per heavy atom. The molecule has 12 heavy (non-hydrogen) atoms. The van der Waals surface area contributed by atoms with E-state index in [1.54, 1.807) is 6.07 Å². The van der Waals surface area contributed by atoms with Crippen molar-refractivity contribution in [3.05, 3.63) is 18.6 Å². The zero-order chi connectivity index (χ0) is 8.81. The largest absolute Gasteiger partial charge is 0.475 e. The normalized spacial score (nSPS) is 12.5. The van der Waals surface area contributed by atoms with Crippen molar-refractivity contribution in [1.29, 1.82) is 0 Å². The van der Waals surface area contributed by atoms with Crippen LogP contribution in [-0.4, -0.2) is 39.5 Å². The molecule has 0 aromatic carbocycles. The second kappa shape index (κ2) is 4.63. The third kappa shape index (κ3) is 2.81. The molecule has 0 bridgehead atoms. The third-order valence-corrected chi connectivity index (χ3v) is 1.19. The van der Waals surface area contributed by atoms with Crippen LogP contribution >= 0.6 is 0 Å². The summed E-state index contributed by atoms with van der Waals surface area (Å²) in [5, 5.41) is 17.4. The molecule has 0 fully saturated rings. The van der Waals surface area contributed by atoms with Gasteiger partial charge in [0.2, 0.25) is 5.88 Å². The van der Waals surface area contributed by atoms with Crippen molar-refractivity contribution in [1.82, 2.24) is 9.97 Å². The van der Waals surface area contributed by atoms with Crippen LogP contribution in [0.2, 0.25) is 0 Å². The number of rotatable bonds is 4. The summed E-state index contributed by atoms with van der Waals surface area (Å²) in [7, 11) is 0. The summed E-state index contributed by atoms with van der Waals surface area (Å²) in [6.45, 7) is -0.279. The second-order valence-corrected chi connectivity index (χ2v) is 2.20. The van der Waals surface area contributed by atoms with E-state index in [1.807, 2.05) is 0 Å². The first-order chi connectivity index (χ1) is 5.83. The van der Waals surface area contributed by atoms with Crippen LogP contribution in [0.4, 0.5) is 0 Å². The molecule has 1 heterocycles. The van der Waals surface area contributed by atoms with Gasteiger partial charge in [-0.3, -0.25) is 0 Å². The second-order valence-electron chi connectivity index (χ2n) is 2.20. The smallest absolute Gasteiger partial charge is 0.216 e. The fourth-order valence-corrected chi connectivity index (χ4v) is 0.598. The molecule has 0 aliphatic carbocycles. The van der Waals surface area contributed by atoms with E-state index in [9.17, 15) is 0 Å². The van der Waals surface area contributed by atoms with Gasteiger partial charge in [-0.05, 0) is 0 Å². The zero-order valence-electron chi connectivity index (χ0n) is 6.42. The van der Waals surface area contributed by atoms with Crippen LogP contribution in [0, 0.1) is 0 Å². The minimum atomic E-state index is -0.861. The van der Waals surface area contributed by atoms with Gasteiger partial charge in [0.1, 0.15) is 19.0 Å². The molecule has 0 spiro atoms. The third-order valence-electron chi connectivity index (χ3n) is 1.19. The molecule has 0 radical (unpaired) electrons. The lowest BCUT2D eigenvalue weighted by Crippen LogP contribution is -2.21. The highest BCUT2D eigenvalue weighted by Crippen LogP contribution is 2.01. The van der Waals surface area contributed by atoms with Crippen molar-refractivity contribution in [2.24, 2.45) is 0 Å². The van der Waals surface area contributed by atoms with Gasteiger partial charge in [0.15, 0.2) is 0 Å². The number of hydrogen-bond acceptors (Lipinski definition) is 5. The van der Waals surface area contributed by atoms with Crippen molar-refractivity contribution in [2.45, 2.75) is 6.10 Å². The summed E-state index contributed by atoms with van der Waals surface area (Å²) in [4.78, 5) is 7.45. The van der Waals surface area contributed by atoms with E-state index >= 15 is 0 Å². The molecular formula is C7H10N2O3. The van der Waals surface area contributed by atoms with E-state index < -0.39 is 6.10 Å². The standard InChI is InChI=1S/C7H10N2O3/c10-3-6(11)4-12-7-1-2-8-5-9-7/h1-2,5-6,10-11H,3-4H2/t6-/m0/s1. The molecule has 5 nitrogen and oxygen atoms in total. The highest BCUT2D eigenvalue weighted by molar-refractivity contribution is 5.04. The van der Waals surface area contributed by atoms with Crippen LogP contribution in [0.25, 0.3) is 0 Å². The van der Waals surface area contributed by atoms with E-state index in [1.165, 1.54) is 12.5 Å². The highest BCUT2D eigenvalue weighted by atomic mass is 16.5. The first-order valence-corrected chi connectivity index (χ1v) is 3.50. The molecule has 1 atom stereocenters. The van der Waals surface area contributed by atoms with E-state index in [0.717, 1.165) is 0 Å². The fraction of sp³-hybridized carbons (Fsp3) is 0.429. The summed E-state index contributed by atoms with van der Waals surface area (Å²) in [6, 6.07) is 1.57. The topological polar surface area (TPSA) is 75.5 Å². The zero-order valence-corrected chi connectivity index (χ0v) is 6.42. The van der Waals surface area contributed by atoms with Crippen LogP contribution in [0.1, 0.15) is 0 Å². The quantitative estimate of drug-likeness (QED) is 0.619. The molecule has 0 aliphatic rings. The molecule has 0 amide bonds. The van der Waals surface area contributed by atoms with Crippen LogP contribution in [-0.2, 0) is 0 Å². The number of aliphatic hydroxyl groups excluding tert-OH is 2. The summed E-state index contributed by atoms with van der Waals surface area (Å²) >= 11 is 0. The van der Waals surface area contributed by atoms with Crippen LogP contribution in [0.5, 0.6) is 5.88 Å². The Bertz CT molecular complexity index is 217. The fourth-order valence-electron chi connectivity index (χ4n) is 0.598. The maximum Gasteiger partial charge on any atom is 0.216 e. The molecule has 2 N–H and O–H groups in total. The van der Waals surface area contributed by atoms with Gasteiger partial charge in [-0.2, -0.15) is 0 Å². The molecule has 1 aromatic rings. The summed E-state index contributed by atoms with van der Waals surface area (Å²) in [5.74, 6) is 0.387. The monoisotopic (exact) mass is 170 g/mol. The van der Waals surface area contributed by atoms with Crippen LogP contribution in [0.3, 0.4) is 0 Å². The first-order valence-electron chi connectivity index (χ1n) is 3.50. The van der Waals surface area contributed by atoms with E-state index in [2.05, 4.69) is 9.97 Å². The Morgan fingerprint density at radius 1 is 1.58 bits per heavy atom. The van der Waals surface area contributed by atoms with Crippen molar-refractivity contribution >= 4 is 0 Å². The minimum absolute atomic E-state index is 0.0352. The maximum absolute atomic E-state index is 8.90. The number of aliphatic hydroxyl groups is 2. The van der Waals surface area contributed by atoms with Crippen molar-refractivity contribution in [2.75, 3.05) is 13.2 Å². The summed E-state index contributed by atoms with van der Waals surface area (Å²) in [5.41, 5.74) is 0. The lowest BCUT2D eigenvalue weighted by Gasteiger charge is -2.07. The van der Waals surface area contributed by atoms with Crippen molar-refractivity contribution in [3.63, 3.8) is 0 Å². The first kappa shape index (κ1) is 8.89. The number of nitrogens with zero attached hydrogens (tertiary/aromatic N) is 2.